The maximum absolute atomic E-state index is 13.5. The Morgan fingerprint density at radius 1 is 1.08 bits per heavy atom. The van der Waals surface area contributed by atoms with Crippen molar-refractivity contribution in [1.82, 2.24) is 0 Å². The largest absolute Gasteiger partial charge is 0.449 e. The molecule has 0 unspecified atom stereocenters. The Bertz CT molecular complexity index is 868. The van der Waals surface area contributed by atoms with Crippen molar-refractivity contribution in [3.63, 3.8) is 0 Å². The standard InChI is InChI=1S/C18H14Cl2FNO4/c1-9(23)11-3-5-12(6-4-11)22-17(24)10(2)26-18(25)13-7-16(21)15(20)8-14(13)19/h3-8,10H,1-2H3,(H,22,24)/t10-/m0/s1. The summed E-state index contributed by atoms with van der Waals surface area (Å²) in [5.74, 6) is -2.48. The molecule has 1 atom stereocenters. The van der Waals surface area contributed by atoms with Gasteiger partial charge in [-0.15, -0.1) is 0 Å². The third-order valence-corrected chi connectivity index (χ3v) is 4.04. The number of carbonyl (C=O) groups excluding carboxylic acids is 3. The quantitative estimate of drug-likeness (QED) is 0.457. The number of esters is 1. The molecule has 2 rings (SSSR count). The van der Waals surface area contributed by atoms with E-state index >= 15 is 0 Å². The number of nitrogens with one attached hydrogen (secondary N) is 1. The van der Waals surface area contributed by atoms with E-state index in [4.69, 9.17) is 27.9 Å². The zero-order chi connectivity index (χ0) is 19.4. The van der Waals surface area contributed by atoms with Gasteiger partial charge >= 0.3 is 5.97 Å². The highest BCUT2D eigenvalue weighted by Gasteiger charge is 2.22. The Morgan fingerprint density at radius 3 is 2.27 bits per heavy atom. The molecule has 0 saturated carbocycles. The minimum Gasteiger partial charge on any atom is -0.449 e. The van der Waals surface area contributed by atoms with Gasteiger partial charge in [-0.25, -0.2) is 9.18 Å². The molecular formula is C18H14Cl2FNO4. The van der Waals surface area contributed by atoms with Crippen molar-refractivity contribution < 1.29 is 23.5 Å². The maximum Gasteiger partial charge on any atom is 0.340 e. The lowest BCUT2D eigenvalue weighted by Gasteiger charge is -2.14. The topological polar surface area (TPSA) is 72.5 Å². The van der Waals surface area contributed by atoms with Gasteiger partial charge in [-0.05, 0) is 50.2 Å². The van der Waals surface area contributed by atoms with Gasteiger partial charge in [-0.3, -0.25) is 9.59 Å². The summed E-state index contributed by atoms with van der Waals surface area (Å²) in [6, 6.07) is 8.15. The first-order chi connectivity index (χ1) is 12.2. The van der Waals surface area contributed by atoms with Crippen LogP contribution in [0, 0.1) is 5.82 Å². The first-order valence-corrected chi connectivity index (χ1v) is 8.22. The molecule has 0 aliphatic carbocycles. The van der Waals surface area contributed by atoms with Crippen molar-refractivity contribution in [2.75, 3.05) is 5.32 Å². The molecule has 0 radical (unpaired) electrons. The second-order valence-corrected chi connectivity index (χ2v) is 6.23. The summed E-state index contributed by atoms with van der Waals surface area (Å²) in [5.41, 5.74) is 0.694. The second kappa shape index (κ2) is 8.29. The van der Waals surface area contributed by atoms with E-state index in [1.54, 1.807) is 24.3 Å². The molecule has 0 heterocycles. The number of carbonyl (C=O) groups is 3. The molecule has 0 bridgehead atoms. The van der Waals surface area contributed by atoms with Crippen molar-refractivity contribution in [2.24, 2.45) is 0 Å². The summed E-state index contributed by atoms with van der Waals surface area (Å²) in [4.78, 5) is 35.4. The molecule has 2 aromatic rings. The number of amides is 1. The molecule has 0 spiro atoms. The molecule has 5 nitrogen and oxygen atoms in total. The number of hydrogen-bond acceptors (Lipinski definition) is 4. The molecule has 0 aliphatic rings. The van der Waals surface area contributed by atoms with Crippen LogP contribution in [-0.4, -0.2) is 23.8 Å². The summed E-state index contributed by atoms with van der Waals surface area (Å²) >= 11 is 11.4. The fourth-order valence-corrected chi connectivity index (χ4v) is 2.45. The predicted molar refractivity (Wildman–Crippen MR) is 96.4 cm³/mol. The van der Waals surface area contributed by atoms with Gasteiger partial charge in [-0.1, -0.05) is 23.2 Å². The molecule has 26 heavy (non-hydrogen) atoms. The zero-order valence-electron chi connectivity index (χ0n) is 13.8. The van der Waals surface area contributed by atoms with Crippen LogP contribution in [0.3, 0.4) is 0 Å². The van der Waals surface area contributed by atoms with Crippen LogP contribution < -0.4 is 5.32 Å². The first kappa shape index (κ1) is 19.9. The highest BCUT2D eigenvalue weighted by molar-refractivity contribution is 6.36. The van der Waals surface area contributed by atoms with Gasteiger partial charge in [0.1, 0.15) is 5.82 Å². The van der Waals surface area contributed by atoms with Gasteiger partial charge in [0.15, 0.2) is 11.9 Å². The van der Waals surface area contributed by atoms with E-state index in [1.807, 2.05) is 0 Å². The molecule has 8 heteroatoms. The number of Topliss-reactive ketones (excluding diaryl/α,β-unsaturated/α-hetero) is 1. The molecule has 1 amide bonds. The fraction of sp³-hybridized carbons (Fsp3) is 0.167. The van der Waals surface area contributed by atoms with E-state index in [0.29, 0.717) is 11.3 Å². The highest BCUT2D eigenvalue weighted by atomic mass is 35.5. The van der Waals surface area contributed by atoms with E-state index in [-0.39, 0.29) is 21.4 Å². The monoisotopic (exact) mass is 397 g/mol. The molecule has 136 valence electrons. The molecule has 0 fully saturated rings. The molecule has 1 N–H and O–H groups in total. The van der Waals surface area contributed by atoms with Gasteiger partial charge in [0.2, 0.25) is 0 Å². The van der Waals surface area contributed by atoms with Gasteiger partial charge < -0.3 is 10.1 Å². The van der Waals surface area contributed by atoms with Gasteiger partial charge in [-0.2, -0.15) is 0 Å². The summed E-state index contributed by atoms with van der Waals surface area (Å²) in [6.07, 6.45) is -1.16. The minimum atomic E-state index is -1.16. The third kappa shape index (κ3) is 4.80. The number of ketones is 1. The molecule has 2 aromatic carbocycles. The number of benzene rings is 2. The Labute approximate surface area is 159 Å². The van der Waals surface area contributed by atoms with Crippen LogP contribution in [0.25, 0.3) is 0 Å². The summed E-state index contributed by atoms with van der Waals surface area (Å²) < 4.78 is 18.5. The number of halogens is 3. The van der Waals surface area contributed by atoms with E-state index in [0.717, 1.165) is 12.1 Å². The van der Waals surface area contributed by atoms with Crippen molar-refractivity contribution >= 4 is 46.5 Å². The molecular weight excluding hydrogens is 384 g/mol. The van der Waals surface area contributed by atoms with E-state index in [9.17, 15) is 18.8 Å². The normalized spacial score (nSPS) is 11.6. The van der Waals surface area contributed by atoms with E-state index in [2.05, 4.69) is 5.32 Å². The van der Waals surface area contributed by atoms with Crippen molar-refractivity contribution in [2.45, 2.75) is 20.0 Å². The molecule has 0 aliphatic heterocycles. The van der Waals surface area contributed by atoms with Gasteiger partial charge in [0, 0.05) is 11.3 Å². The Hall–Kier alpha value is -2.44. The van der Waals surface area contributed by atoms with Crippen molar-refractivity contribution in [1.29, 1.82) is 0 Å². The van der Waals surface area contributed by atoms with Crippen LogP contribution in [0.15, 0.2) is 36.4 Å². The number of hydrogen-bond donors (Lipinski definition) is 1. The van der Waals surface area contributed by atoms with Crippen LogP contribution in [0.2, 0.25) is 10.0 Å². The smallest absolute Gasteiger partial charge is 0.340 e. The average molecular weight is 398 g/mol. The lowest BCUT2D eigenvalue weighted by Crippen LogP contribution is -2.30. The van der Waals surface area contributed by atoms with Crippen LogP contribution in [0.4, 0.5) is 10.1 Å². The van der Waals surface area contributed by atoms with Crippen LogP contribution in [0.5, 0.6) is 0 Å². The Morgan fingerprint density at radius 2 is 1.69 bits per heavy atom. The summed E-state index contributed by atoms with van der Waals surface area (Å²) in [6.45, 7) is 2.79. The lowest BCUT2D eigenvalue weighted by atomic mass is 10.1. The Kier molecular flexibility index (Phi) is 6.34. The average Bonchev–Trinajstić information content (AvgIpc) is 2.58. The van der Waals surface area contributed by atoms with Crippen molar-refractivity contribution in [3.8, 4) is 0 Å². The number of ether oxygens (including phenoxy) is 1. The second-order valence-electron chi connectivity index (χ2n) is 5.42. The minimum absolute atomic E-state index is 0.0890. The Balaban J connectivity index is 2.03. The summed E-state index contributed by atoms with van der Waals surface area (Å²) in [7, 11) is 0. The third-order valence-electron chi connectivity index (χ3n) is 3.44. The van der Waals surface area contributed by atoms with Gasteiger partial charge in [0.25, 0.3) is 5.91 Å². The first-order valence-electron chi connectivity index (χ1n) is 7.46. The zero-order valence-corrected chi connectivity index (χ0v) is 15.3. The van der Waals surface area contributed by atoms with Crippen LogP contribution in [0.1, 0.15) is 34.6 Å². The van der Waals surface area contributed by atoms with Crippen LogP contribution >= 0.6 is 23.2 Å². The van der Waals surface area contributed by atoms with Crippen molar-refractivity contribution in [3.05, 3.63) is 63.4 Å². The number of anilines is 1. The number of rotatable bonds is 5. The highest BCUT2D eigenvalue weighted by Crippen LogP contribution is 2.25. The fourth-order valence-electron chi connectivity index (χ4n) is 1.99. The summed E-state index contributed by atoms with van der Waals surface area (Å²) in [5, 5.41) is 2.22. The van der Waals surface area contributed by atoms with E-state index in [1.165, 1.54) is 13.8 Å². The molecule has 0 saturated heterocycles. The predicted octanol–water partition coefficient (Wildman–Crippen LogP) is 4.52. The lowest BCUT2D eigenvalue weighted by molar-refractivity contribution is -0.123. The molecule has 0 aromatic heterocycles. The SMILES string of the molecule is CC(=O)c1ccc(NC(=O)[C@H](C)OC(=O)c2cc(F)c(Cl)cc2Cl)cc1. The van der Waals surface area contributed by atoms with E-state index < -0.39 is 23.8 Å². The van der Waals surface area contributed by atoms with Crippen LogP contribution in [-0.2, 0) is 9.53 Å². The van der Waals surface area contributed by atoms with Gasteiger partial charge in [0.05, 0.1) is 15.6 Å². The maximum atomic E-state index is 13.5.